The summed E-state index contributed by atoms with van der Waals surface area (Å²) in [7, 11) is 1.66. The normalized spacial score (nSPS) is 17.6. The third-order valence-electron chi connectivity index (χ3n) is 6.03. The number of amides is 1. The Morgan fingerprint density at radius 3 is 2.28 bits per heavy atom. The lowest BCUT2D eigenvalue weighted by Gasteiger charge is -2.39. The van der Waals surface area contributed by atoms with E-state index >= 15 is 0 Å². The van der Waals surface area contributed by atoms with Crippen LogP contribution in [0.25, 0.3) is 0 Å². The molecule has 0 unspecified atom stereocenters. The van der Waals surface area contributed by atoms with Crippen molar-refractivity contribution < 1.29 is 9.53 Å². The monoisotopic (exact) mass is 424 g/mol. The van der Waals surface area contributed by atoms with E-state index in [4.69, 9.17) is 4.74 Å². The predicted molar refractivity (Wildman–Crippen MR) is 123 cm³/mol. The Bertz CT molecular complexity index is 1220. The number of hydrogen-bond acceptors (Lipinski definition) is 4. The van der Waals surface area contributed by atoms with Crippen molar-refractivity contribution in [2.24, 2.45) is 0 Å². The van der Waals surface area contributed by atoms with E-state index in [0.29, 0.717) is 17.9 Å². The molecule has 6 nitrogen and oxygen atoms in total. The summed E-state index contributed by atoms with van der Waals surface area (Å²) in [6.45, 7) is 2.01. The number of hydrogen-bond donors (Lipinski definition) is 0. The number of fused-ring (bicyclic) bond motifs is 1. The molecule has 2 heterocycles. The minimum Gasteiger partial charge on any atom is -0.497 e. The number of aromatic nitrogens is 3. The summed E-state index contributed by atoms with van der Waals surface area (Å²) in [5.74, 6) is 1.27. The topological polar surface area (TPSA) is 60.2 Å². The van der Waals surface area contributed by atoms with Gasteiger partial charge in [-0.05, 0) is 48.7 Å². The van der Waals surface area contributed by atoms with Crippen molar-refractivity contribution in [2.45, 2.75) is 25.4 Å². The zero-order valence-electron chi connectivity index (χ0n) is 18.1. The smallest absolute Gasteiger partial charge is 0.261 e. The Morgan fingerprint density at radius 2 is 1.59 bits per heavy atom. The molecule has 1 aliphatic heterocycles. The lowest BCUT2D eigenvalue weighted by Crippen LogP contribution is -2.42. The molecule has 4 aromatic rings. The standard InChI is InChI=1S/C26H24N4O2/c1-18-8-10-21(11-9-18)25(31)29-23(19-6-4-3-5-7-19)16-24(30-26(29)27-17-28-30)20-12-14-22(32-2)15-13-20/h3-15,17,23-24H,16H2,1-2H3/t23-,24+/m0/s1. The first-order valence-electron chi connectivity index (χ1n) is 10.6. The molecule has 5 rings (SSSR count). The van der Waals surface area contributed by atoms with Gasteiger partial charge < -0.3 is 4.74 Å². The van der Waals surface area contributed by atoms with Crippen LogP contribution in [0.1, 0.15) is 45.6 Å². The summed E-state index contributed by atoms with van der Waals surface area (Å²) in [5, 5.41) is 4.51. The fourth-order valence-electron chi connectivity index (χ4n) is 4.32. The molecule has 0 aliphatic carbocycles. The number of carbonyl (C=O) groups is 1. The van der Waals surface area contributed by atoms with Crippen molar-refractivity contribution in [3.63, 3.8) is 0 Å². The van der Waals surface area contributed by atoms with Crippen LogP contribution in [0, 0.1) is 6.92 Å². The second-order valence-electron chi connectivity index (χ2n) is 8.00. The Morgan fingerprint density at radius 1 is 0.906 bits per heavy atom. The van der Waals surface area contributed by atoms with Gasteiger partial charge in [0.05, 0.1) is 19.2 Å². The zero-order chi connectivity index (χ0) is 22.1. The highest BCUT2D eigenvalue weighted by Crippen LogP contribution is 2.42. The van der Waals surface area contributed by atoms with Gasteiger partial charge in [-0.3, -0.25) is 9.69 Å². The molecule has 1 aromatic heterocycles. The van der Waals surface area contributed by atoms with Crippen molar-refractivity contribution in [1.82, 2.24) is 14.8 Å². The van der Waals surface area contributed by atoms with Gasteiger partial charge >= 0.3 is 0 Å². The maximum absolute atomic E-state index is 13.7. The van der Waals surface area contributed by atoms with Crippen LogP contribution < -0.4 is 9.64 Å². The first-order chi connectivity index (χ1) is 15.7. The number of methoxy groups -OCH3 is 1. The molecule has 3 aromatic carbocycles. The molecule has 6 heteroatoms. The van der Waals surface area contributed by atoms with Gasteiger partial charge in [0.1, 0.15) is 12.1 Å². The van der Waals surface area contributed by atoms with Gasteiger partial charge in [0.25, 0.3) is 5.91 Å². The highest BCUT2D eigenvalue weighted by atomic mass is 16.5. The van der Waals surface area contributed by atoms with Gasteiger partial charge in [0.15, 0.2) is 0 Å². The second kappa shape index (κ2) is 8.30. The highest BCUT2D eigenvalue weighted by Gasteiger charge is 2.39. The van der Waals surface area contributed by atoms with E-state index in [2.05, 4.69) is 34.3 Å². The van der Waals surface area contributed by atoms with E-state index < -0.39 is 0 Å². The van der Waals surface area contributed by atoms with Gasteiger partial charge in [0, 0.05) is 5.56 Å². The molecule has 0 radical (unpaired) electrons. The van der Waals surface area contributed by atoms with Crippen LogP contribution in [0.5, 0.6) is 5.75 Å². The fourth-order valence-corrected chi connectivity index (χ4v) is 4.32. The van der Waals surface area contributed by atoms with Crippen LogP contribution in [-0.2, 0) is 0 Å². The van der Waals surface area contributed by atoms with Crippen LogP contribution in [0.3, 0.4) is 0 Å². The molecule has 2 atom stereocenters. The van der Waals surface area contributed by atoms with E-state index in [1.54, 1.807) is 12.0 Å². The number of benzene rings is 3. The number of anilines is 1. The van der Waals surface area contributed by atoms with Crippen molar-refractivity contribution in [2.75, 3.05) is 12.0 Å². The maximum atomic E-state index is 13.7. The lowest BCUT2D eigenvalue weighted by atomic mass is 9.91. The number of rotatable bonds is 4. The number of aryl methyl sites for hydroxylation is 1. The van der Waals surface area contributed by atoms with E-state index in [1.165, 1.54) is 6.33 Å². The average molecular weight is 425 g/mol. The van der Waals surface area contributed by atoms with E-state index in [9.17, 15) is 4.79 Å². The first-order valence-corrected chi connectivity index (χ1v) is 10.6. The minimum atomic E-state index is -0.172. The molecule has 0 spiro atoms. The second-order valence-corrected chi connectivity index (χ2v) is 8.00. The Labute approximate surface area is 187 Å². The van der Waals surface area contributed by atoms with Crippen LogP contribution in [-0.4, -0.2) is 27.8 Å². The van der Waals surface area contributed by atoms with Crippen LogP contribution >= 0.6 is 0 Å². The lowest BCUT2D eigenvalue weighted by molar-refractivity contribution is 0.0963. The van der Waals surface area contributed by atoms with Crippen LogP contribution in [0.4, 0.5) is 5.95 Å². The maximum Gasteiger partial charge on any atom is 0.261 e. The van der Waals surface area contributed by atoms with Crippen molar-refractivity contribution in [1.29, 1.82) is 0 Å². The molecular weight excluding hydrogens is 400 g/mol. The Hall–Kier alpha value is -3.93. The number of nitrogens with zero attached hydrogens (tertiary/aromatic N) is 4. The summed E-state index contributed by atoms with van der Waals surface area (Å²) in [6, 6.07) is 25.6. The summed E-state index contributed by atoms with van der Waals surface area (Å²) in [4.78, 5) is 20.0. The van der Waals surface area contributed by atoms with E-state index in [0.717, 1.165) is 22.4 Å². The molecule has 0 saturated carbocycles. The van der Waals surface area contributed by atoms with Crippen LogP contribution in [0.15, 0.2) is 85.2 Å². The summed E-state index contributed by atoms with van der Waals surface area (Å²) < 4.78 is 7.17. The van der Waals surface area contributed by atoms with Gasteiger partial charge in [-0.25, -0.2) is 4.68 Å². The molecule has 32 heavy (non-hydrogen) atoms. The SMILES string of the molecule is COc1ccc([C@H]2C[C@@H](c3ccccc3)N(C(=O)c3ccc(C)cc3)c3ncnn32)cc1. The Balaban J connectivity index is 1.62. The van der Waals surface area contributed by atoms with Crippen molar-refractivity contribution >= 4 is 11.9 Å². The first kappa shape index (κ1) is 20.0. The van der Waals surface area contributed by atoms with Crippen molar-refractivity contribution in [3.8, 4) is 5.75 Å². The Kier molecular flexibility index (Phi) is 5.19. The molecule has 0 saturated heterocycles. The largest absolute Gasteiger partial charge is 0.497 e. The molecule has 160 valence electrons. The number of ether oxygens (including phenoxy) is 1. The summed E-state index contributed by atoms with van der Waals surface area (Å²) in [5.41, 5.74) is 3.91. The molecule has 0 N–H and O–H groups in total. The van der Waals surface area contributed by atoms with Gasteiger partial charge in [-0.15, -0.1) is 0 Å². The molecule has 0 fully saturated rings. The molecular formula is C26H24N4O2. The fraction of sp³-hybridized carbons (Fsp3) is 0.192. The highest BCUT2D eigenvalue weighted by molar-refractivity contribution is 6.05. The van der Waals surface area contributed by atoms with Crippen LogP contribution in [0.2, 0.25) is 0 Å². The summed E-state index contributed by atoms with van der Waals surface area (Å²) >= 11 is 0. The van der Waals surface area contributed by atoms with Gasteiger partial charge in [-0.1, -0.05) is 60.2 Å². The van der Waals surface area contributed by atoms with Crippen molar-refractivity contribution in [3.05, 3.63) is 107 Å². The third kappa shape index (κ3) is 3.54. The predicted octanol–water partition coefficient (Wildman–Crippen LogP) is 4.98. The van der Waals surface area contributed by atoms with Gasteiger partial charge in [0.2, 0.25) is 5.95 Å². The van der Waals surface area contributed by atoms with E-state index in [1.807, 2.05) is 66.2 Å². The van der Waals surface area contributed by atoms with E-state index in [-0.39, 0.29) is 18.0 Å². The zero-order valence-corrected chi connectivity index (χ0v) is 18.1. The average Bonchev–Trinajstić information content (AvgIpc) is 3.33. The quantitative estimate of drug-likeness (QED) is 0.464. The summed E-state index contributed by atoms with van der Waals surface area (Å²) in [6.07, 6.45) is 2.21. The molecule has 1 amide bonds. The molecule has 0 bridgehead atoms. The third-order valence-corrected chi connectivity index (χ3v) is 6.03. The molecule has 1 aliphatic rings. The minimum absolute atomic E-state index is 0.0503. The number of carbonyl (C=O) groups excluding carboxylic acids is 1. The van der Waals surface area contributed by atoms with Gasteiger partial charge in [-0.2, -0.15) is 10.1 Å².